The van der Waals surface area contributed by atoms with E-state index in [1.165, 1.54) is 7.11 Å². The number of rotatable bonds is 3. The number of carbonyl (C=O) groups excluding carboxylic acids is 1. The van der Waals surface area contributed by atoms with Gasteiger partial charge >= 0.3 is 0 Å². The molecule has 2 N–H and O–H groups in total. The van der Waals surface area contributed by atoms with E-state index >= 15 is 0 Å². The second-order valence-electron chi connectivity index (χ2n) is 6.09. The van der Waals surface area contributed by atoms with Gasteiger partial charge in [-0.25, -0.2) is 0 Å². The van der Waals surface area contributed by atoms with Crippen LogP contribution in [0.1, 0.15) is 34.9 Å². The number of benzene rings is 2. The fraction of sp³-hybridized carbons (Fsp3) is 0.278. The molecule has 0 bridgehead atoms. The maximum atomic E-state index is 13.0. The van der Waals surface area contributed by atoms with Crippen molar-refractivity contribution in [2.75, 3.05) is 12.4 Å². The minimum absolute atomic E-state index is 0.0139. The standard InChI is InChI=1S/C18H17ClN2O3/c1-24-15-9-10(8-13(19)16(15)22)17-20-14-5-3-2-4-12(14)18(23)21(17)11-6-7-11/h2-5,8-9,11,17,20,22H,6-7H2,1H3/t17-/m1/s1. The number of anilines is 1. The second-order valence-corrected chi connectivity index (χ2v) is 6.50. The lowest BCUT2D eigenvalue weighted by Crippen LogP contribution is -2.44. The molecule has 1 atom stereocenters. The van der Waals surface area contributed by atoms with Gasteiger partial charge in [0.2, 0.25) is 0 Å². The Morgan fingerprint density at radius 1 is 1.29 bits per heavy atom. The van der Waals surface area contributed by atoms with Gasteiger partial charge in [-0.15, -0.1) is 0 Å². The van der Waals surface area contributed by atoms with Gasteiger partial charge in [-0.2, -0.15) is 0 Å². The minimum atomic E-state index is -0.341. The van der Waals surface area contributed by atoms with Crippen molar-refractivity contribution in [3.05, 3.63) is 52.5 Å². The first-order valence-corrected chi connectivity index (χ1v) is 8.22. The molecule has 2 aromatic rings. The van der Waals surface area contributed by atoms with Gasteiger partial charge in [0.25, 0.3) is 5.91 Å². The molecular weight excluding hydrogens is 328 g/mol. The number of amides is 1. The van der Waals surface area contributed by atoms with E-state index in [9.17, 15) is 9.90 Å². The maximum absolute atomic E-state index is 13.0. The highest BCUT2D eigenvalue weighted by molar-refractivity contribution is 6.32. The van der Waals surface area contributed by atoms with Crippen molar-refractivity contribution in [1.29, 1.82) is 0 Å². The molecule has 1 heterocycles. The van der Waals surface area contributed by atoms with Crippen LogP contribution in [0.25, 0.3) is 0 Å². The van der Waals surface area contributed by atoms with Gasteiger partial charge in [-0.3, -0.25) is 4.79 Å². The lowest BCUT2D eigenvalue weighted by molar-refractivity contribution is 0.0666. The van der Waals surface area contributed by atoms with Crippen LogP contribution in [0.2, 0.25) is 5.02 Å². The second kappa shape index (κ2) is 5.60. The number of nitrogens with one attached hydrogen (secondary N) is 1. The van der Waals surface area contributed by atoms with Gasteiger partial charge in [0.05, 0.1) is 17.7 Å². The first kappa shape index (κ1) is 15.1. The van der Waals surface area contributed by atoms with Crippen molar-refractivity contribution >= 4 is 23.2 Å². The smallest absolute Gasteiger partial charge is 0.258 e. The van der Waals surface area contributed by atoms with E-state index in [1.807, 2.05) is 29.2 Å². The first-order chi connectivity index (χ1) is 11.6. The van der Waals surface area contributed by atoms with Crippen LogP contribution in [0, 0.1) is 0 Å². The van der Waals surface area contributed by atoms with Gasteiger partial charge in [0, 0.05) is 17.3 Å². The molecule has 0 aromatic heterocycles. The third-order valence-corrected chi connectivity index (χ3v) is 4.78. The third kappa shape index (κ3) is 2.36. The Morgan fingerprint density at radius 2 is 2.04 bits per heavy atom. The van der Waals surface area contributed by atoms with Crippen molar-refractivity contribution < 1.29 is 14.6 Å². The molecule has 2 aliphatic rings. The summed E-state index contributed by atoms with van der Waals surface area (Å²) >= 11 is 6.14. The van der Waals surface area contributed by atoms with E-state index in [2.05, 4.69) is 5.32 Å². The molecule has 1 fully saturated rings. The molecule has 0 spiro atoms. The largest absolute Gasteiger partial charge is 0.503 e. The van der Waals surface area contributed by atoms with Crippen LogP contribution >= 0.6 is 11.6 Å². The summed E-state index contributed by atoms with van der Waals surface area (Å²) in [4.78, 5) is 14.8. The van der Waals surface area contributed by atoms with E-state index in [0.717, 1.165) is 24.1 Å². The molecule has 6 heteroatoms. The van der Waals surface area contributed by atoms with Crippen LogP contribution in [0.4, 0.5) is 5.69 Å². The van der Waals surface area contributed by atoms with Crippen LogP contribution in [-0.4, -0.2) is 29.1 Å². The Kier molecular flexibility index (Phi) is 3.53. The first-order valence-electron chi connectivity index (χ1n) is 7.84. The summed E-state index contributed by atoms with van der Waals surface area (Å²) in [6.45, 7) is 0. The van der Waals surface area contributed by atoms with Crippen molar-refractivity contribution in [2.45, 2.75) is 25.0 Å². The molecule has 24 heavy (non-hydrogen) atoms. The number of para-hydroxylation sites is 1. The Labute approximate surface area is 144 Å². The number of ether oxygens (including phenoxy) is 1. The lowest BCUT2D eigenvalue weighted by atomic mass is 10.0. The number of phenols is 1. The predicted molar refractivity (Wildman–Crippen MR) is 91.7 cm³/mol. The molecule has 5 nitrogen and oxygen atoms in total. The summed E-state index contributed by atoms with van der Waals surface area (Å²) in [5.74, 6) is 0.213. The highest BCUT2D eigenvalue weighted by Gasteiger charge is 2.42. The number of nitrogens with zero attached hydrogens (tertiary/aromatic N) is 1. The van der Waals surface area contributed by atoms with Crippen LogP contribution < -0.4 is 10.1 Å². The van der Waals surface area contributed by atoms with Gasteiger partial charge < -0.3 is 20.1 Å². The number of halogens is 1. The Bertz CT molecular complexity index is 820. The number of methoxy groups -OCH3 is 1. The van der Waals surface area contributed by atoms with Gasteiger partial charge in [0.1, 0.15) is 6.17 Å². The van der Waals surface area contributed by atoms with E-state index in [1.54, 1.807) is 12.1 Å². The fourth-order valence-corrected chi connectivity index (χ4v) is 3.37. The Hall–Kier alpha value is -2.40. The zero-order valence-corrected chi connectivity index (χ0v) is 13.9. The summed E-state index contributed by atoms with van der Waals surface area (Å²) in [7, 11) is 1.47. The topological polar surface area (TPSA) is 61.8 Å². The van der Waals surface area contributed by atoms with E-state index in [0.29, 0.717) is 11.3 Å². The highest BCUT2D eigenvalue weighted by atomic mass is 35.5. The summed E-state index contributed by atoms with van der Waals surface area (Å²) in [5.41, 5.74) is 2.26. The zero-order chi connectivity index (χ0) is 16.8. The summed E-state index contributed by atoms with van der Waals surface area (Å²) in [6, 6.07) is 11.1. The molecule has 1 amide bonds. The van der Waals surface area contributed by atoms with Crippen molar-refractivity contribution in [3.63, 3.8) is 0 Å². The molecule has 124 valence electrons. The number of aromatic hydroxyl groups is 1. The molecule has 1 aliphatic carbocycles. The predicted octanol–water partition coefficient (Wildman–Crippen LogP) is 3.78. The van der Waals surface area contributed by atoms with Crippen LogP contribution in [0.5, 0.6) is 11.5 Å². The Morgan fingerprint density at radius 3 is 2.75 bits per heavy atom. The molecule has 1 saturated carbocycles. The summed E-state index contributed by atoms with van der Waals surface area (Å²) in [6.07, 6.45) is 1.65. The number of hydrogen-bond donors (Lipinski definition) is 2. The van der Waals surface area contributed by atoms with E-state index in [-0.39, 0.29) is 28.9 Å². The summed E-state index contributed by atoms with van der Waals surface area (Å²) < 4.78 is 5.20. The van der Waals surface area contributed by atoms with Gasteiger partial charge in [-0.1, -0.05) is 23.7 Å². The third-order valence-electron chi connectivity index (χ3n) is 4.49. The van der Waals surface area contributed by atoms with E-state index in [4.69, 9.17) is 16.3 Å². The van der Waals surface area contributed by atoms with Crippen LogP contribution in [-0.2, 0) is 0 Å². The fourth-order valence-electron chi connectivity index (χ4n) is 3.15. The molecular formula is C18H17ClN2O3. The number of fused-ring (bicyclic) bond motifs is 1. The van der Waals surface area contributed by atoms with Crippen molar-refractivity contribution in [1.82, 2.24) is 4.90 Å². The van der Waals surface area contributed by atoms with E-state index < -0.39 is 0 Å². The SMILES string of the molecule is COc1cc([C@@H]2Nc3ccccc3C(=O)N2C2CC2)cc(Cl)c1O. The van der Waals surface area contributed by atoms with Crippen LogP contribution in [0.15, 0.2) is 36.4 Å². The molecule has 0 radical (unpaired) electrons. The van der Waals surface area contributed by atoms with Crippen molar-refractivity contribution in [2.24, 2.45) is 0 Å². The average Bonchev–Trinajstić information content (AvgIpc) is 3.42. The minimum Gasteiger partial charge on any atom is -0.503 e. The molecule has 1 aliphatic heterocycles. The number of carbonyl (C=O) groups is 1. The molecule has 2 aromatic carbocycles. The van der Waals surface area contributed by atoms with Gasteiger partial charge in [-0.05, 0) is 37.1 Å². The van der Waals surface area contributed by atoms with Crippen LogP contribution in [0.3, 0.4) is 0 Å². The summed E-state index contributed by atoms with van der Waals surface area (Å²) in [5, 5.41) is 13.6. The molecule has 0 saturated heterocycles. The average molecular weight is 345 g/mol. The molecule has 4 rings (SSSR count). The lowest BCUT2D eigenvalue weighted by Gasteiger charge is -2.38. The number of phenolic OH excluding ortho intramolecular Hbond substituents is 1. The number of hydrogen-bond acceptors (Lipinski definition) is 4. The van der Waals surface area contributed by atoms with Crippen molar-refractivity contribution in [3.8, 4) is 11.5 Å². The molecule has 0 unspecified atom stereocenters. The normalized spacial score (nSPS) is 19.7. The Balaban J connectivity index is 1.82. The highest BCUT2D eigenvalue weighted by Crippen LogP contribution is 2.44. The zero-order valence-electron chi connectivity index (χ0n) is 13.1. The maximum Gasteiger partial charge on any atom is 0.258 e. The quantitative estimate of drug-likeness (QED) is 0.889. The monoisotopic (exact) mass is 344 g/mol. The van der Waals surface area contributed by atoms with Gasteiger partial charge in [0.15, 0.2) is 11.5 Å².